The Kier molecular flexibility index (Phi) is 6.47. The second kappa shape index (κ2) is 7.70. The van der Waals surface area contributed by atoms with Gasteiger partial charge in [-0.05, 0) is 24.6 Å². The predicted octanol–water partition coefficient (Wildman–Crippen LogP) is 5.46. The summed E-state index contributed by atoms with van der Waals surface area (Å²) in [4.78, 5) is 11.7. The Morgan fingerprint density at radius 2 is 1.65 bits per heavy atom. The maximum atomic E-state index is 12.9. The fraction of sp³-hybridized carbons (Fsp3) is 0.533. The molecule has 130 valence electrons. The number of rotatable bonds is 6. The third-order valence-corrected chi connectivity index (χ3v) is 3.10. The highest BCUT2D eigenvalue weighted by molar-refractivity contribution is 5.91. The van der Waals surface area contributed by atoms with Crippen LogP contribution in [0.3, 0.4) is 0 Å². The lowest BCUT2D eigenvalue weighted by Gasteiger charge is -2.15. The summed E-state index contributed by atoms with van der Waals surface area (Å²) in [5, 5.41) is 0. The van der Waals surface area contributed by atoms with E-state index in [-0.39, 0.29) is 12.7 Å². The molecule has 8 heteroatoms. The van der Waals surface area contributed by atoms with E-state index in [0.29, 0.717) is 18.6 Å². The van der Waals surface area contributed by atoms with Crippen molar-refractivity contribution in [3.8, 4) is 0 Å². The smallest absolute Gasteiger partial charge is 0.417 e. The van der Waals surface area contributed by atoms with Crippen molar-refractivity contribution in [1.29, 1.82) is 0 Å². The first kappa shape index (κ1) is 19.3. The highest BCUT2D eigenvalue weighted by atomic mass is 19.4. The summed E-state index contributed by atoms with van der Waals surface area (Å²) in [7, 11) is 0. The summed E-state index contributed by atoms with van der Waals surface area (Å²) in [6.45, 7) is 1.89. The number of ether oxygens (including phenoxy) is 1. The molecule has 0 heterocycles. The van der Waals surface area contributed by atoms with E-state index in [0.717, 1.165) is 19.3 Å². The number of esters is 1. The summed E-state index contributed by atoms with van der Waals surface area (Å²) in [5.74, 6) is -1.28. The molecule has 0 amide bonds. The number of carbonyl (C=O) groups is 1. The van der Waals surface area contributed by atoms with Crippen LogP contribution in [0.2, 0.25) is 0 Å². The Morgan fingerprint density at radius 1 is 1.00 bits per heavy atom. The van der Waals surface area contributed by atoms with Crippen LogP contribution in [0, 0.1) is 0 Å². The average molecular weight is 342 g/mol. The molecule has 23 heavy (non-hydrogen) atoms. The van der Waals surface area contributed by atoms with E-state index < -0.39 is 35.0 Å². The lowest BCUT2D eigenvalue weighted by molar-refractivity contribution is -0.143. The van der Waals surface area contributed by atoms with Gasteiger partial charge in [-0.1, -0.05) is 26.2 Å². The minimum Gasteiger partial charge on any atom is -0.462 e. The second-order valence-corrected chi connectivity index (χ2v) is 4.95. The number of hydrogen-bond donors (Lipinski definition) is 0. The van der Waals surface area contributed by atoms with Crippen molar-refractivity contribution in [2.24, 2.45) is 0 Å². The van der Waals surface area contributed by atoms with Crippen LogP contribution in [0.1, 0.15) is 54.1 Å². The Bertz CT molecular complexity index is 534. The molecular formula is C15H16F6O2. The first-order chi connectivity index (χ1) is 10.6. The zero-order valence-electron chi connectivity index (χ0n) is 12.4. The van der Waals surface area contributed by atoms with Gasteiger partial charge in [-0.3, -0.25) is 0 Å². The lowest BCUT2D eigenvalue weighted by atomic mass is 10.0. The third-order valence-electron chi connectivity index (χ3n) is 3.10. The van der Waals surface area contributed by atoms with Crippen molar-refractivity contribution in [3.63, 3.8) is 0 Å². The molecule has 0 bridgehead atoms. The first-order valence-electron chi connectivity index (χ1n) is 7.03. The molecule has 2 nitrogen and oxygen atoms in total. The Balaban J connectivity index is 2.95. The molecule has 0 N–H and O–H groups in total. The van der Waals surface area contributed by atoms with Gasteiger partial charge in [0.15, 0.2) is 0 Å². The van der Waals surface area contributed by atoms with E-state index in [1.165, 1.54) is 0 Å². The molecule has 0 radical (unpaired) electrons. The van der Waals surface area contributed by atoms with E-state index in [4.69, 9.17) is 4.74 Å². The molecule has 0 unspecified atom stereocenters. The van der Waals surface area contributed by atoms with Crippen molar-refractivity contribution in [2.45, 2.75) is 45.0 Å². The van der Waals surface area contributed by atoms with Crippen molar-refractivity contribution < 1.29 is 35.9 Å². The fourth-order valence-electron chi connectivity index (χ4n) is 1.90. The normalized spacial score (nSPS) is 12.3. The van der Waals surface area contributed by atoms with Crippen LogP contribution in [0.4, 0.5) is 26.3 Å². The van der Waals surface area contributed by atoms with Crippen LogP contribution in [0.25, 0.3) is 0 Å². The lowest BCUT2D eigenvalue weighted by Crippen LogP contribution is -2.18. The van der Waals surface area contributed by atoms with Gasteiger partial charge in [0.1, 0.15) is 0 Å². The predicted molar refractivity (Wildman–Crippen MR) is 70.9 cm³/mol. The van der Waals surface area contributed by atoms with Crippen molar-refractivity contribution in [3.05, 3.63) is 34.9 Å². The molecule has 0 spiro atoms. The first-order valence-corrected chi connectivity index (χ1v) is 7.03. The van der Waals surface area contributed by atoms with Crippen LogP contribution in [-0.2, 0) is 17.1 Å². The Hall–Kier alpha value is -1.73. The number of hydrogen-bond acceptors (Lipinski definition) is 2. The Morgan fingerprint density at radius 3 is 2.17 bits per heavy atom. The molecule has 0 atom stereocenters. The van der Waals surface area contributed by atoms with Gasteiger partial charge in [0.05, 0.1) is 23.3 Å². The fourth-order valence-corrected chi connectivity index (χ4v) is 1.90. The van der Waals surface area contributed by atoms with Gasteiger partial charge in [-0.15, -0.1) is 0 Å². The number of unbranched alkanes of at least 4 members (excludes halogenated alkanes) is 3. The van der Waals surface area contributed by atoms with Gasteiger partial charge in [-0.25, -0.2) is 4.79 Å². The van der Waals surface area contributed by atoms with E-state index in [9.17, 15) is 31.1 Å². The van der Waals surface area contributed by atoms with Crippen LogP contribution in [-0.4, -0.2) is 12.6 Å². The molecule has 1 rings (SSSR count). The van der Waals surface area contributed by atoms with Gasteiger partial charge in [0.25, 0.3) is 0 Å². The van der Waals surface area contributed by atoms with Gasteiger partial charge < -0.3 is 4.74 Å². The Labute approximate surface area is 129 Å². The van der Waals surface area contributed by atoms with E-state index in [1.54, 1.807) is 0 Å². The zero-order chi connectivity index (χ0) is 17.7. The summed E-state index contributed by atoms with van der Waals surface area (Å²) in [6.07, 6.45) is -6.94. The minimum atomic E-state index is -5.09. The molecule has 0 saturated carbocycles. The second-order valence-electron chi connectivity index (χ2n) is 4.95. The molecule has 1 aromatic carbocycles. The average Bonchev–Trinajstić information content (AvgIpc) is 2.44. The van der Waals surface area contributed by atoms with Gasteiger partial charge in [0.2, 0.25) is 0 Å². The SMILES string of the molecule is CCCCCCOC(=O)c1ccc(C(F)(F)F)cc1C(F)(F)F. The monoisotopic (exact) mass is 342 g/mol. The summed E-state index contributed by atoms with van der Waals surface area (Å²) in [5.41, 5.74) is -4.03. The standard InChI is InChI=1S/C15H16F6O2/c1-2-3-4-5-8-23-13(22)11-7-6-10(14(16,17)18)9-12(11)15(19,20)21/h6-7,9H,2-5,8H2,1H3. The van der Waals surface area contributed by atoms with Gasteiger partial charge in [0, 0.05) is 0 Å². The summed E-state index contributed by atoms with van der Waals surface area (Å²) in [6, 6.07) is 0.858. The maximum Gasteiger partial charge on any atom is 0.417 e. The van der Waals surface area contributed by atoms with E-state index >= 15 is 0 Å². The van der Waals surface area contributed by atoms with Crippen molar-refractivity contribution in [2.75, 3.05) is 6.61 Å². The van der Waals surface area contributed by atoms with Gasteiger partial charge >= 0.3 is 18.3 Å². The summed E-state index contributed by atoms with van der Waals surface area (Å²) >= 11 is 0. The quantitative estimate of drug-likeness (QED) is 0.390. The summed E-state index contributed by atoms with van der Waals surface area (Å²) < 4.78 is 81.0. The van der Waals surface area contributed by atoms with Crippen LogP contribution < -0.4 is 0 Å². The molecule has 0 fully saturated rings. The highest BCUT2D eigenvalue weighted by Crippen LogP contribution is 2.37. The zero-order valence-corrected chi connectivity index (χ0v) is 12.4. The number of alkyl halides is 6. The van der Waals surface area contributed by atoms with E-state index in [2.05, 4.69) is 0 Å². The molecule has 0 aliphatic rings. The van der Waals surface area contributed by atoms with Gasteiger partial charge in [-0.2, -0.15) is 26.3 Å². The van der Waals surface area contributed by atoms with Crippen molar-refractivity contribution >= 4 is 5.97 Å². The largest absolute Gasteiger partial charge is 0.462 e. The molecule has 0 aromatic heterocycles. The number of halogens is 6. The topological polar surface area (TPSA) is 26.3 Å². The third kappa shape index (κ3) is 5.76. The van der Waals surface area contributed by atoms with Crippen LogP contribution >= 0.6 is 0 Å². The van der Waals surface area contributed by atoms with Crippen molar-refractivity contribution in [1.82, 2.24) is 0 Å². The molecule has 1 aromatic rings. The molecule has 0 aliphatic carbocycles. The van der Waals surface area contributed by atoms with Crippen LogP contribution in [0.15, 0.2) is 18.2 Å². The van der Waals surface area contributed by atoms with Crippen LogP contribution in [0.5, 0.6) is 0 Å². The number of carbonyl (C=O) groups excluding carboxylic acids is 1. The molecule has 0 aliphatic heterocycles. The highest BCUT2D eigenvalue weighted by Gasteiger charge is 2.39. The minimum absolute atomic E-state index is 0.0723. The maximum absolute atomic E-state index is 12.9. The molecular weight excluding hydrogens is 326 g/mol. The van der Waals surface area contributed by atoms with E-state index in [1.807, 2.05) is 6.92 Å². The molecule has 0 saturated heterocycles. The number of benzene rings is 1.